The van der Waals surface area contributed by atoms with Gasteiger partial charge in [-0.05, 0) is 83.5 Å². The third-order valence-electron chi connectivity index (χ3n) is 15.5. The highest BCUT2D eigenvalue weighted by atomic mass is 16.7. The van der Waals surface area contributed by atoms with Crippen LogP contribution in [0.3, 0.4) is 0 Å². The summed E-state index contributed by atoms with van der Waals surface area (Å²) in [5.74, 6) is -0.236. The van der Waals surface area contributed by atoms with E-state index in [0.717, 1.165) is 83.5 Å². The fourth-order valence-corrected chi connectivity index (χ4v) is 10.2. The maximum absolute atomic E-state index is 13.1. The van der Waals surface area contributed by atoms with E-state index >= 15 is 0 Å². The van der Waals surface area contributed by atoms with Gasteiger partial charge in [0, 0.05) is 6.42 Å². The first-order valence-electron chi connectivity index (χ1n) is 34.3. The summed E-state index contributed by atoms with van der Waals surface area (Å²) in [5, 5.41) is 54.7. The second-order valence-electron chi connectivity index (χ2n) is 23.2. The zero-order valence-corrected chi connectivity index (χ0v) is 53.2. The van der Waals surface area contributed by atoms with Crippen molar-refractivity contribution in [3.8, 4) is 0 Å². The van der Waals surface area contributed by atoms with Crippen molar-refractivity contribution in [1.82, 2.24) is 5.32 Å². The maximum atomic E-state index is 13.1. The molecule has 1 fully saturated rings. The molecular weight excluding hydrogens is 1030 g/mol. The number of aliphatic hydroxyl groups is 5. The molecule has 9 nitrogen and oxygen atoms in total. The molecule has 0 saturated carbocycles. The smallest absolute Gasteiger partial charge is 0.220 e. The number of ether oxygens (including phenoxy) is 2. The molecule has 0 aromatic rings. The van der Waals surface area contributed by atoms with Crippen LogP contribution in [0.1, 0.15) is 284 Å². The molecule has 0 aromatic carbocycles. The van der Waals surface area contributed by atoms with E-state index in [1.807, 2.05) is 6.08 Å². The average Bonchev–Trinajstić information content (AvgIpc) is 3.60. The predicted molar refractivity (Wildman–Crippen MR) is 354 cm³/mol. The molecule has 6 N–H and O–H groups in total. The largest absolute Gasteiger partial charge is 0.394 e. The molecule has 7 atom stereocenters. The second-order valence-corrected chi connectivity index (χ2v) is 23.2. The number of allylic oxidation sites excluding steroid dienone is 19. The Morgan fingerprint density at radius 1 is 0.422 bits per heavy atom. The highest BCUT2D eigenvalue weighted by molar-refractivity contribution is 5.76. The van der Waals surface area contributed by atoms with Crippen LogP contribution in [-0.4, -0.2) is 87.5 Å². The highest BCUT2D eigenvalue weighted by Gasteiger charge is 2.44. The van der Waals surface area contributed by atoms with Gasteiger partial charge in [-0.3, -0.25) is 4.79 Å². The zero-order valence-electron chi connectivity index (χ0n) is 53.2. The predicted octanol–water partition coefficient (Wildman–Crippen LogP) is 18.6. The summed E-state index contributed by atoms with van der Waals surface area (Å²) in [6.07, 6.45) is 85.9. The topological polar surface area (TPSA) is 149 Å². The molecule has 0 bridgehead atoms. The average molecular weight is 1160 g/mol. The van der Waals surface area contributed by atoms with Crippen LogP contribution >= 0.6 is 0 Å². The molecule has 1 amide bonds. The van der Waals surface area contributed by atoms with E-state index in [1.54, 1.807) is 6.08 Å². The molecule has 1 saturated heterocycles. The molecule has 9 heteroatoms. The van der Waals surface area contributed by atoms with Gasteiger partial charge in [-0.15, -0.1) is 0 Å². The van der Waals surface area contributed by atoms with E-state index < -0.39 is 49.5 Å². The van der Waals surface area contributed by atoms with Crippen LogP contribution in [0, 0.1) is 0 Å². The van der Waals surface area contributed by atoms with Crippen molar-refractivity contribution < 1.29 is 39.8 Å². The Labute approximate surface area is 509 Å². The molecule has 476 valence electrons. The first kappa shape index (κ1) is 77.6. The van der Waals surface area contributed by atoms with Crippen molar-refractivity contribution >= 4 is 5.91 Å². The summed E-state index contributed by atoms with van der Waals surface area (Å²) in [6.45, 7) is 3.65. The van der Waals surface area contributed by atoms with Crippen LogP contribution < -0.4 is 5.32 Å². The van der Waals surface area contributed by atoms with Crippen LogP contribution in [0.4, 0.5) is 0 Å². The lowest BCUT2D eigenvalue weighted by Crippen LogP contribution is -2.60. The molecule has 1 aliphatic rings. The van der Waals surface area contributed by atoms with E-state index in [2.05, 4.69) is 129 Å². The molecule has 0 aromatic heterocycles. The van der Waals surface area contributed by atoms with Crippen LogP contribution in [-0.2, 0) is 14.3 Å². The lowest BCUT2D eigenvalue weighted by atomic mass is 9.99. The first-order valence-corrected chi connectivity index (χ1v) is 34.3. The monoisotopic (exact) mass is 1160 g/mol. The van der Waals surface area contributed by atoms with Gasteiger partial charge >= 0.3 is 0 Å². The normalized spacial score (nSPS) is 19.0. The Morgan fingerprint density at radius 3 is 1.10 bits per heavy atom. The number of carbonyl (C=O) groups excluding carboxylic acids is 1. The molecule has 1 heterocycles. The molecule has 0 aliphatic carbocycles. The third-order valence-corrected chi connectivity index (χ3v) is 15.5. The third kappa shape index (κ3) is 50.5. The second kappa shape index (κ2) is 61.7. The fraction of sp³-hybridized carbons (Fsp3) is 0.716. The number of rotatable bonds is 58. The van der Waals surface area contributed by atoms with E-state index in [4.69, 9.17) is 9.47 Å². The number of unbranched alkanes of at least 4 members (excludes halogenated alkanes) is 30. The number of aliphatic hydroxyl groups excluding tert-OH is 5. The van der Waals surface area contributed by atoms with Crippen molar-refractivity contribution in [2.45, 2.75) is 326 Å². The molecule has 0 radical (unpaired) electrons. The van der Waals surface area contributed by atoms with E-state index in [1.165, 1.54) is 173 Å². The lowest BCUT2D eigenvalue weighted by molar-refractivity contribution is -0.302. The minimum Gasteiger partial charge on any atom is -0.394 e. The van der Waals surface area contributed by atoms with Crippen LogP contribution in [0.15, 0.2) is 122 Å². The van der Waals surface area contributed by atoms with Gasteiger partial charge in [0.1, 0.15) is 24.4 Å². The lowest BCUT2D eigenvalue weighted by Gasteiger charge is -2.40. The summed E-state index contributed by atoms with van der Waals surface area (Å²) in [5.41, 5.74) is 0. The zero-order chi connectivity index (χ0) is 60.0. The summed E-state index contributed by atoms with van der Waals surface area (Å²) >= 11 is 0. The summed E-state index contributed by atoms with van der Waals surface area (Å²) in [6, 6.07) is -0.847. The van der Waals surface area contributed by atoms with Crippen molar-refractivity contribution in [3.63, 3.8) is 0 Å². The van der Waals surface area contributed by atoms with Gasteiger partial charge in [-0.1, -0.05) is 315 Å². The van der Waals surface area contributed by atoms with Crippen molar-refractivity contribution in [1.29, 1.82) is 0 Å². The van der Waals surface area contributed by atoms with Crippen molar-refractivity contribution in [2.24, 2.45) is 0 Å². The van der Waals surface area contributed by atoms with Crippen molar-refractivity contribution in [3.05, 3.63) is 122 Å². The van der Waals surface area contributed by atoms with Gasteiger partial charge in [-0.25, -0.2) is 0 Å². The first-order chi connectivity index (χ1) is 40.8. The van der Waals surface area contributed by atoms with Gasteiger partial charge < -0.3 is 40.3 Å². The van der Waals surface area contributed by atoms with E-state index in [0.29, 0.717) is 6.42 Å². The Balaban J connectivity index is 2.21. The van der Waals surface area contributed by atoms with E-state index in [-0.39, 0.29) is 18.9 Å². The van der Waals surface area contributed by atoms with Crippen LogP contribution in [0.25, 0.3) is 0 Å². The molecule has 0 spiro atoms. The Bertz CT molecular complexity index is 1720. The summed E-state index contributed by atoms with van der Waals surface area (Å²) in [4.78, 5) is 13.1. The standard InChI is InChI=1S/C74H127NO8/c1-3-5-7-9-11-13-15-17-19-21-23-25-27-29-31-33-34-36-37-39-41-43-45-47-49-51-53-55-57-59-61-63-68(77)67(66-82-74-73(81)72(80)71(79)69(65-76)83-74)75-70(78)64-62-60-58-56-54-52-50-48-46-44-42-40-38-35-32-30-28-26-24-22-20-18-16-14-12-10-8-6-4-2/h6,8,12,14,18,20,24,26,30,32,38,40,44,46,50,52,56,58,61,63,67-69,71-74,76-77,79-81H,3-5,7,9-11,13,15-17,19,21-23,25,27-29,31,33-37,39,41-43,45,47-49,51,53-55,57,59-60,62,64-66H2,1-2H3,(H,75,78)/b8-6-,14-12-,20-18-,26-24-,32-30-,40-38-,46-44-,52-50-,58-56-,63-61+. The van der Waals surface area contributed by atoms with Gasteiger partial charge in [0.15, 0.2) is 6.29 Å². The minimum atomic E-state index is -1.59. The highest BCUT2D eigenvalue weighted by Crippen LogP contribution is 2.23. The number of hydrogen-bond donors (Lipinski definition) is 6. The molecule has 83 heavy (non-hydrogen) atoms. The SMILES string of the molecule is CC/C=C\C/C=C\C/C=C\C/C=C\C/C=C\C/C=C\C/C=C\C/C=C\C/C=C\CCCC(=O)NC(COC1OC(CO)C(O)C(O)C1O)C(O)/C=C/CCCCCCCCCCCCCCCCCCCCCCCCCCCCCCC. The quantitative estimate of drug-likeness (QED) is 0.0261. The minimum absolute atomic E-state index is 0.219. The Morgan fingerprint density at radius 2 is 0.747 bits per heavy atom. The Kier molecular flexibility index (Phi) is 57.7. The maximum Gasteiger partial charge on any atom is 0.220 e. The van der Waals surface area contributed by atoms with Crippen LogP contribution in [0.2, 0.25) is 0 Å². The number of carbonyl (C=O) groups is 1. The number of amides is 1. The van der Waals surface area contributed by atoms with Crippen LogP contribution in [0.5, 0.6) is 0 Å². The molecule has 1 rings (SSSR count). The van der Waals surface area contributed by atoms with E-state index in [9.17, 15) is 30.3 Å². The number of hydrogen-bond acceptors (Lipinski definition) is 8. The number of nitrogens with one attached hydrogen (secondary N) is 1. The molecule has 7 unspecified atom stereocenters. The van der Waals surface area contributed by atoms with Crippen molar-refractivity contribution in [2.75, 3.05) is 13.2 Å². The van der Waals surface area contributed by atoms with Gasteiger partial charge in [0.25, 0.3) is 0 Å². The van der Waals surface area contributed by atoms with Gasteiger partial charge in [0.2, 0.25) is 5.91 Å². The van der Waals surface area contributed by atoms with Gasteiger partial charge in [0.05, 0.1) is 25.4 Å². The fourth-order valence-electron chi connectivity index (χ4n) is 10.2. The van der Waals surface area contributed by atoms with Gasteiger partial charge in [-0.2, -0.15) is 0 Å². The summed E-state index contributed by atoms with van der Waals surface area (Å²) < 4.78 is 11.3. The molecular formula is C74H127NO8. The summed E-state index contributed by atoms with van der Waals surface area (Å²) in [7, 11) is 0. The molecule has 1 aliphatic heterocycles. The Hall–Kier alpha value is -3.41.